The summed E-state index contributed by atoms with van der Waals surface area (Å²) in [6.07, 6.45) is -0.205. The molecule has 1 aromatic carbocycles. The quantitative estimate of drug-likeness (QED) is 0.458. The van der Waals surface area contributed by atoms with Gasteiger partial charge in [-0.2, -0.15) is 0 Å². The normalized spacial score (nSPS) is 10.8. The minimum atomic E-state index is -0.734. The maximum atomic E-state index is 12.4. The van der Waals surface area contributed by atoms with Crippen LogP contribution in [-0.4, -0.2) is 6.17 Å². The van der Waals surface area contributed by atoms with Crippen molar-refractivity contribution in [3.63, 3.8) is 0 Å². The van der Waals surface area contributed by atoms with Crippen molar-refractivity contribution in [1.29, 1.82) is 0 Å². The van der Waals surface area contributed by atoms with Crippen LogP contribution in [0, 0.1) is 7.43 Å². The summed E-state index contributed by atoms with van der Waals surface area (Å²) < 4.78 is 12.4. The maximum Gasteiger partial charge on any atom is 1.00 e. The molecule has 1 atom stereocenters. The van der Waals surface area contributed by atoms with Gasteiger partial charge in [0.15, 0.2) is 0 Å². The number of alkyl halides is 1. The van der Waals surface area contributed by atoms with Crippen molar-refractivity contribution in [2.75, 3.05) is 0 Å². The Morgan fingerprint density at radius 3 is 2.17 bits per heavy atom. The number of hydrogen-bond acceptors (Lipinski definition) is 0. The van der Waals surface area contributed by atoms with E-state index in [1.807, 2.05) is 30.3 Å². The summed E-state index contributed by atoms with van der Waals surface area (Å²) in [4.78, 5) is 0. The molecule has 62 valence electrons. The van der Waals surface area contributed by atoms with Crippen molar-refractivity contribution in [2.45, 2.75) is 19.5 Å². The van der Waals surface area contributed by atoms with Crippen molar-refractivity contribution in [3.05, 3.63) is 43.3 Å². The monoisotopic (exact) mass is 192 g/mol. The first-order chi connectivity index (χ1) is 4.79. The van der Waals surface area contributed by atoms with Gasteiger partial charge in [0.2, 0.25) is 0 Å². The number of hydrogen-bond donors (Lipinski definition) is 0. The van der Waals surface area contributed by atoms with Gasteiger partial charge in [-0.25, -0.2) is 4.39 Å². The Kier molecular flexibility index (Phi) is 10.7. The Hall–Kier alpha value is 0.786. The van der Waals surface area contributed by atoms with E-state index >= 15 is 0 Å². The number of halogens is 1. The summed E-state index contributed by atoms with van der Waals surface area (Å²) in [7, 11) is 0. The van der Waals surface area contributed by atoms with E-state index < -0.39 is 6.17 Å². The van der Waals surface area contributed by atoms with Crippen LogP contribution in [0.25, 0.3) is 0 Å². The minimum Gasteiger partial charge on any atom is -0.358 e. The molecule has 0 amide bonds. The molecule has 1 aromatic rings. The predicted octanol–water partition coefficient (Wildman–Crippen LogP) is 0.0414. The fourth-order valence-corrected chi connectivity index (χ4v) is 0.939. The maximum absolute atomic E-state index is 12.4. The molecule has 0 heterocycles. The van der Waals surface area contributed by atoms with Gasteiger partial charge in [-0.15, -0.1) is 0 Å². The van der Waals surface area contributed by atoms with Gasteiger partial charge in [0.1, 0.15) is 6.17 Å². The van der Waals surface area contributed by atoms with E-state index in [4.69, 9.17) is 0 Å². The summed E-state index contributed by atoms with van der Waals surface area (Å²) in [5, 5.41) is 0. The van der Waals surface area contributed by atoms with Crippen molar-refractivity contribution in [1.82, 2.24) is 0 Å². The molecule has 0 spiro atoms. The molecule has 0 saturated carbocycles. The molecule has 0 aromatic heterocycles. The van der Waals surface area contributed by atoms with Crippen LogP contribution in [0.2, 0.25) is 0 Å². The summed E-state index contributed by atoms with van der Waals surface area (Å²) in [6.45, 7) is 1.58. The van der Waals surface area contributed by atoms with E-state index in [1.54, 1.807) is 6.92 Å². The number of rotatable bonds is 2. The van der Waals surface area contributed by atoms with Crippen LogP contribution in [0.3, 0.4) is 0 Å². The second-order valence-electron chi connectivity index (χ2n) is 2.47. The van der Waals surface area contributed by atoms with Gasteiger partial charge < -0.3 is 7.43 Å². The van der Waals surface area contributed by atoms with Gasteiger partial charge in [-0.05, 0) is 12.5 Å². The third kappa shape index (κ3) is 6.32. The fraction of sp³-hybridized carbons (Fsp3) is 0.300. The third-order valence-electron chi connectivity index (χ3n) is 1.36. The molecular weight excluding hydrogens is 178 g/mol. The van der Waals surface area contributed by atoms with Crippen LogP contribution in [0.5, 0.6) is 0 Å². The first-order valence-electron chi connectivity index (χ1n) is 3.47. The van der Waals surface area contributed by atoms with Crippen LogP contribution < -0.4 is 51.4 Å². The van der Waals surface area contributed by atoms with Gasteiger partial charge in [-0.3, -0.25) is 0 Å². The molecule has 0 nitrogen and oxygen atoms in total. The molecule has 1 unspecified atom stereocenters. The zero-order valence-electron chi connectivity index (χ0n) is 8.05. The largest absolute Gasteiger partial charge is 1.00 e. The third-order valence-corrected chi connectivity index (χ3v) is 1.36. The minimum absolute atomic E-state index is 0. The van der Waals surface area contributed by atoms with E-state index in [1.165, 1.54) is 0 Å². The SMILES string of the molecule is CC(F)Cc1ccccc1.[CH3-].[K+]. The fourth-order valence-electron chi connectivity index (χ4n) is 0.939. The van der Waals surface area contributed by atoms with Crippen LogP contribution >= 0.6 is 0 Å². The van der Waals surface area contributed by atoms with Crippen molar-refractivity contribution in [2.24, 2.45) is 0 Å². The Labute approximate surface area is 117 Å². The van der Waals surface area contributed by atoms with E-state index in [-0.39, 0.29) is 58.8 Å². The van der Waals surface area contributed by atoms with Crippen LogP contribution in [-0.2, 0) is 6.42 Å². The Morgan fingerprint density at radius 1 is 1.25 bits per heavy atom. The van der Waals surface area contributed by atoms with Gasteiger partial charge in [0.05, 0.1) is 0 Å². The molecule has 0 saturated heterocycles. The van der Waals surface area contributed by atoms with E-state index in [0.717, 1.165) is 5.56 Å². The number of benzene rings is 1. The molecule has 0 radical (unpaired) electrons. The smallest absolute Gasteiger partial charge is 0.358 e. The first kappa shape index (κ1) is 15.3. The molecule has 0 aliphatic carbocycles. The molecule has 0 bridgehead atoms. The predicted molar refractivity (Wildman–Crippen MR) is 47.1 cm³/mol. The zero-order valence-corrected chi connectivity index (χ0v) is 11.2. The molecule has 0 aliphatic rings. The molecule has 12 heavy (non-hydrogen) atoms. The Bertz CT molecular complexity index is 184. The van der Waals surface area contributed by atoms with Crippen LogP contribution in [0.15, 0.2) is 30.3 Å². The Balaban J connectivity index is 0. The average Bonchev–Trinajstić information content (AvgIpc) is 1.88. The van der Waals surface area contributed by atoms with Crippen LogP contribution in [0.4, 0.5) is 4.39 Å². The topological polar surface area (TPSA) is 0 Å². The molecule has 0 fully saturated rings. The van der Waals surface area contributed by atoms with E-state index in [2.05, 4.69) is 0 Å². The standard InChI is InChI=1S/C9H11F.CH3.K/c1-8(10)7-9-5-3-2-4-6-9;;/h2-6,8H,7H2,1H3;1H3;/q;-1;+1. The molecule has 0 aliphatic heterocycles. The van der Waals surface area contributed by atoms with Gasteiger partial charge in [-0.1, -0.05) is 30.3 Å². The van der Waals surface area contributed by atoms with Crippen molar-refractivity contribution < 1.29 is 55.8 Å². The molecule has 2 heteroatoms. The van der Waals surface area contributed by atoms with Crippen LogP contribution in [0.1, 0.15) is 12.5 Å². The molecule has 0 N–H and O–H groups in total. The van der Waals surface area contributed by atoms with Gasteiger partial charge in [0, 0.05) is 6.42 Å². The summed E-state index contributed by atoms with van der Waals surface area (Å²) >= 11 is 0. The Morgan fingerprint density at radius 2 is 1.75 bits per heavy atom. The zero-order chi connectivity index (χ0) is 7.40. The summed E-state index contributed by atoms with van der Waals surface area (Å²) in [5.74, 6) is 0. The van der Waals surface area contributed by atoms with Crippen molar-refractivity contribution in [3.8, 4) is 0 Å². The molecular formula is C10H14FK. The van der Waals surface area contributed by atoms with Gasteiger partial charge in [0.25, 0.3) is 0 Å². The van der Waals surface area contributed by atoms with Crippen molar-refractivity contribution >= 4 is 0 Å². The van der Waals surface area contributed by atoms with E-state index in [9.17, 15) is 4.39 Å². The average molecular weight is 192 g/mol. The summed E-state index contributed by atoms with van der Waals surface area (Å²) in [5.41, 5.74) is 1.07. The summed E-state index contributed by atoms with van der Waals surface area (Å²) in [6, 6.07) is 9.67. The molecule has 1 rings (SSSR count). The van der Waals surface area contributed by atoms with Gasteiger partial charge >= 0.3 is 51.4 Å². The second kappa shape index (κ2) is 8.39. The van der Waals surface area contributed by atoms with E-state index in [0.29, 0.717) is 6.42 Å². The second-order valence-corrected chi connectivity index (χ2v) is 2.47. The first-order valence-corrected chi connectivity index (χ1v) is 3.47.